The van der Waals surface area contributed by atoms with Gasteiger partial charge in [-0.1, -0.05) is 6.07 Å². The van der Waals surface area contributed by atoms with Crippen LogP contribution in [0.5, 0.6) is 11.5 Å². The second-order valence-electron chi connectivity index (χ2n) is 4.87. The average Bonchev–Trinajstić information content (AvgIpc) is 2.86. The Kier molecular flexibility index (Phi) is 2.45. The zero-order valence-corrected chi connectivity index (χ0v) is 10.9. The molecule has 3 heterocycles. The zero-order chi connectivity index (χ0) is 13.5. The number of aromatic nitrogens is 3. The van der Waals surface area contributed by atoms with Crippen molar-refractivity contribution in [3.05, 3.63) is 23.8 Å². The molecule has 0 radical (unpaired) electrons. The molecule has 7 heteroatoms. The number of nitrogens with two attached hydrogens (primary N) is 1. The highest BCUT2D eigenvalue weighted by molar-refractivity contribution is 5.46. The molecule has 2 aliphatic rings. The fourth-order valence-corrected chi connectivity index (χ4v) is 2.70. The molecule has 104 valence electrons. The lowest BCUT2D eigenvalue weighted by molar-refractivity contribution is 0.171. The summed E-state index contributed by atoms with van der Waals surface area (Å²) in [5, 5.41) is 7.47. The highest BCUT2D eigenvalue weighted by atomic mass is 16.6. The Balaban J connectivity index is 1.74. The molecule has 1 unspecified atom stereocenters. The minimum absolute atomic E-state index is 0.117. The Bertz CT molecular complexity index is 654. The van der Waals surface area contributed by atoms with Crippen LogP contribution in [0.4, 0.5) is 11.9 Å². The van der Waals surface area contributed by atoms with Crippen LogP contribution in [0.1, 0.15) is 18.0 Å². The first-order valence-corrected chi connectivity index (χ1v) is 6.67. The molecule has 7 nitrogen and oxygen atoms in total. The molecular weight excluding hydrogens is 258 g/mol. The summed E-state index contributed by atoms with van der Waals surface area (Å²) in [5.41, 5.74) is 6.81. The van der Waals surface area contributed by atoms with E-state index in [1.807, 2.05) is 22.9 Å². The maximum absolute atomic E-state index is 5.68. The van der Waals surface area contributed by atoms with E-state index in [4.69, 9.17) is 15.2 Å². The molecule has 20 heavy (non-hydrogen) atoms. The fourth-order valence-electron chi connectivity index (χ4n) is 2.70. The number of rotatable bonds is 1. The SMILES string of the molecule is Nc1nc2n(n1)C(c1ccc3c(c1)OCCO3)CCN2. The first-order valence-electron chi connectivity index (χ1n) is 6.67. The van der Waals surface area contributed by atoms with E-state index in [0.29, 0.717) is 19.2 Å². The van der Waals surface area contributed by atoms with Gasteiger partial charge in [0.25, 0.3) is 0 Å². The van der Waals surface area contributed by atoms with Crippen LogP contribution in [0.2, 0.25) is 0 Å². The monoisotopic (exact) mass is 273 g/mol. The lowest BCUT2D eigenvalue weighted by atomic mass is 10.0. The highest BCUT2D eigenvalue weighted by Gasteiger charge is 2.25. The van der Waals surface area contributed by atoms with Crippen molar-refractivity contribution in [1.29, 1.82) is 0 Å². The van der Waals surface area contributed by atoms with Crippen LogP contribution in [-0.2, 0) is 0 Å². The van der Waals surface area contributed by atoms with Crippen molar-refractivity contribution >= 4 is 11.9 Å². The van der Waals surface area contributed by atoms with Crippen LogP contribution < -0.4 is 20.5 Å². The van der Waals surface area contributed by atoms with Gasteiger partial charge in [-0.25, -0.2) is 4.68 Å². The summed E-state index contributed by atoms with van der Waals surface area (Å²) >= 11 is 0. The molecule has 1 atom stereocenters. The third kappa shape index (κ3) is 1.74. The standard InChI is InChI=1S/C13H15N5O2/c14-12-16-13-15-4-3-9(18(13)17-12)8-1-2-10-11(7-8)20-6-5-19-10/h1-2,7,9H,3-6H2,(H3,14,15,16,17). The topological polar surface area (TPSA) is 87.2 Å². The minimum Gasteiger partial charge on any atom is -0.486 e. The number of nitrogen functional groups attached to an aromatic ring is 1. The summed E-state index contributed by atoms with van der Waals surface area (Å²) in [7, 11) is 0. The van der Waals surface area contributed by atoms with Crippen LogP contribution in [0, 0.1) is 0 Å². The molecule has 0 aliphatic carbocycles. The average molecular weight is 273 g/mol. The van der Waals surface area contributed by atoms with E-state index in [0.717, 1.165) is 30.0 Å². The van der Waals surface area contributed by atoms with Crippen LogP contribution in [0.15, 0.2) is 18.2 Å². The summed E-state index contributed by atoms with van der Waals surface area (Å²) in [6, 6.07) is 6.13. The second kappa shape index (κ2) is 4.29. The molecular formula is C13H15N5O2. The molecule has 0 amide bonds. The summed E-state index contributed by atoms with van der Waals surface area (Å²) in [6.45, 7) is 2.03. The molecule has 1 aromatic heterocycles. The van der Waals surface area contributed by atoms with Gasteiger partial charge in [-0.2, -0.15) is 4.98 Å². The van der Waals surface area contributed by atoms with E-state index >= 15 is 0 Å². The van der Waals surface area contributed by atoms with Crippen LogP contribution in [0.3, 0.4) is 0 Å². The molecule has 3 N–H and O–H groups in total. The van der Waals surface area contributed by atoms with Gasteiger partial charge in [0.1, 0.15) is 13.2 Å². The molecule has 4 rings (SSSR count). The third-order valence-corrected chi connectivity index (χ3v) is 3.59. The van der Waals surface area contributed by atoms with Crippen molar-refractivity contribution in [2.24, 2.45) is 0 Å². The number of fused-ring (bicyclic) bond motifs is 2. The molecule has 0 saturated carbocycles. The molecule has 2 aliphatic heterocycles. The number of nitrogens with one attached hydrogen (secondary N) is 1. The van der Waals surface area contributed by atoms with Crippen molar-refractivity contribution in [3.8, 4) is 11.5 Å². The van der Waals surface area contributed by atoms with E-state index < -0.39 is 0 Å². The summed E-state index contributed by atoms with van der Waals surface area (Å²) in [4.78, 5) is 4.18. The first kappa shape index (κ1) is 11.4. The van der Waals surface area contributed by atoms with Gasteiger partial charge in [0, 0.05) is 6.54 Å². The summed E-state index contributed by atoms with van der Waals surface area (Å²) in [5.74, 6) is 2.60. The number of anilines is 2. The van der Waals surface area contributed by atoms with Gasteiger partial charge in [0.15, 0.2) is 11.5 Å². The number of hydrogen-bond donors (Lipinski definition) is 2. The molecule has 1 aromatic carbocycles. The van der Waals surface area contributed by atoms with Crippen molar-refractivity contribution in [1.82, 2.24) is 14.8 Å². The predicted molar refractivity (Wildman–Crippen MR) is 73.1 cm³/mol. The molecule has 0 saturated heterocycles. The number of ether oxygens (including phenoxy) is 2. The van der Waals surface area contributed by atoms with E-state index in [1.54, 1.807) is 0 Å². The molecule has 2 aromatic rings. The smallest absolute Gasteiger partial charge is 0.241 e. The summed E-state index contributed by atoms with van der Waals surface area (Å²) in [6.07, 6.45) is 0.926. The second-order valence-corrected chi connectivity index (χ2v) is 4.87. The maximum Gasteiger partial charge on any atom is 0.241 e. The Labute approximate surface area is 115 Å². The van der Waals surface area contributed by atoms with Gasteiger partial charge >= 0.3 is 0 Å². The van der Waals surface area contributed by atoms with E-state index in [-0.39, 0.29) is 12.0 Å². The van der Waals surface area contributed by atoms with E-state index in [2.05, 4.69) is 15.4 Å². The van der Waals surface area contributed by atoms with Gasteiger partial charge < -0.3 is 20.5 Å². The number of benzene rings is 1. The number of hydrogen-bond acceptors (Lipinski definition) is 6. The van der Waals surface area contributed by atoms with Gasteiger partial charge in [0.05, 0.1) is 6.04 Å². The highest BCUT2D eigenvalue weighted by Crippen LogP contribution is 2.36. The predicted octanol–water partition coefficient (Wildman–Crippen LogP) is 1.04. The Hall–Kier alpha value is -2.44. The van der Waals surface area contributed by atoms with Crippen LogP contribution in [-0.4, -0.2) is 34.5 Å². The van der Waals surface area contributed by atoms with Gasteiger partial charge in [-0.05, 0) is 24.1 Å². The fraction of sp³-hybridized carbons (Fsp3) is 0.385. The Morgan fingerprint density at radius 1 is 1.25 bits per heavy atom. The van der Waals surface area contributed by atoms with Crippen molar-refractivity contribution < 1.29 is 9.47 Å². The maximum atomic E-state index is 5.68. The van der Waals surface area contributed by atoms with Crippen LogP contribution in [0.25, 0.3) is 0 Å². The zero-order valence-electron chi connectivity index (χ0n) is 10.9. The van der Waals surface area contributed by atoms with Gasteiger partial charge in [-0.15, -0.1) is 5.10 Å². The lowest BCUT2D eigenvalue weighted by Crippen LogP contribution is -2.25. The Morgan fingerprint density at radius 2 is 2.10 bits per heavy atom. The summed E-state index contributed by atoms with van der Waals surface area (Å²) < 4.78 is 13.0. The van der Waals surface area contributed by atoms with Gasteiger partial charge in [0.2, 0.25) is 11.9 Å². The largest absolute Gasteiger partial charge is 0.486 e. The molecule has 0 spiro atoms. The minimum atomic E-state index is 0.117. The van der Waals surface area contributed by atoms with Crippen LogP contribution >= 0.6 is 0 Å². The third-order valence-electron chi connectivity index (χ3n) is 3.59. The van der Waals surface area contributed by atoms with Crippen molar-refractivity contribution in [2.75, 3.05) is 30.8 Å². The van der Waals surface area contributed by atoms with E-state index in [1.165, 1.54) is 0 Å². The molecule has 0 fully saturated rings. The first-order chi connectivity index (χ1) is 9.81. The number of nitrogens with zero attached hydrogens (tertiary/aromatic N) is 3. The quantitative estimate of drug-likeness (QED) is 0.807. The van der Waals surface area contributed by atoms with Crippen molar-refractivity contribution in [2.45, 2.75) is 12.5 Å². The van der Waals surface area contributed by atoms with Gasteiger partial charge in [-0.3, -0.25) is 0 Å². The van der Waals surface area contributed by atoms with Crippen molar-refractivity contribution in [3.63, 3.8) is 0 Å². The lowest BCUT2D eigenvalue weighted by Gasteiger charge is -2.26. The van der Waals surface area contributed by atoms with E-state index in [9.17, 15) is 0 Å². The Morgan fingerprint density at radius 3 is 3.00 bits per heavy atom. The molecule has 0 bridgehead atoms. The normalized spacial score (nSPS) is 20.1.